The molecule has 12 heteroatoms. The number of methoxy groups -OCH3 is 2. The second-order valence-electron chi connectivity index (χ2n) is 13.7. The second-order valence-corrected chi connectivity index (χ2v) is 15.6. The number of rotatable bonds is 19. The van der Waals surface area contributed by atoms with Crippen LogP contribution in [0, 0.1) is 12.8 Å². The third kappa shape index (κ3) is 10.1. The lowest BCUT2D eigenvalue weighted by Gasteiger charge is -2.44. The van der Waals surface area contributed by atoms with Crippen molar-refractivity contribution in [2.75, 3.05) is 65.2 Å². The minimum atomic E-state index is -3.98. The van der Waals surface area contributed by atoms with Gasteiger partial charge in [-0.05, 0) is 73.6 Å². The highest BCUT2D eigenvalue weighted by atomic mass is 32.2. The molecule has 1 fully saturated rings. The van der Waals surface area contributed by atoms with Crippen LogP contribution in [0.4, 0.5) is 5.69 Å². The van der Waals surface area contributed by atoms with Gasteiger partial charge in [-0.25, -0.2) is 8.42 Å². The largest absolute Gasteiger partial charge is 0.490 e. The van der Waals surface area contributed by atoms with E-state index in [-0.39, 0.29) is 30.4 Å². The molecule has 0 aromatic heterocycles. The molecule has 52 heavy (non-hydrogen) atoms. The summed E-state index contributed by atoms with van der Waals surface area (Å²) < 4.78 is 59.1. The Kier molecular flexibility index (Phi) is 14.5. The third-order valence-corrected chi connectivity index (χ3v) is 12.0. The first-order chi connectivity index (χ1) is 25.1. The lowest BCUT2D eigenvalue weighted by Crippen LogP contribution is -2.53. The number of sulfonamides is 1. The molecule has 0 amide bonds. The molecule has 5 rings (SSSR count). The van der Waals surface area contributed by atoms with E-state index in [0.717, 1.165) is 53.2 Å². The summed E-state index contributed by atoms with van der Waals surface area (Å²) >= 11 is 0. The van der Waals surface area contributed by atoms with Crippen LogP contribution in [0.5, 0.6) is 5.75 Å². The Morgan fingerprint density at radius 1 is 0.962 bits per heavy atom. The molecule has 0 aliphatic carbocycles. The summed E-state index contributed by atoms with van der Waals surface area (Å²) in [7, 11) is -0.636. The molecule has 4 atom stereocenters. The van der Waals surface area contributed by atoms with E-state index < -0.39 is 34.1 Å². The molecular weight excluding hydrogens is 685 g/mol. The van der Waals surface area contributed by atoms with Crippen LogP contribution in [-0.4, -0.2) is 96.2 Å². The summed E-state index contributed by atoms with van der Waals surface area (Å²) in [6, 6.07) is 20.5. The van der Waals surface area contributed by atoms with Crippen molar-refractivity contribution in [1.29, 1.82) is 0 Å². The number of aryl methyl sites for hydroxylation is 1. The first-order valence-electron chi connectivity index (χ1n) is 18.2. The van der Waals surface area contributed by atoms with Crippen molar-refractivity contribution in [2.45, 2.75) is 75.7 Å². The number of carboxylic acid groups (broad SMARTS) is 1. The van der Waals surface area contributed by atoms with E-state index in [2.05, 4.69) is 23.1 Å². The van der Waals surface area contributed by atoms with Crippen molar-refractivity contribution in [1.82, 2.24) is 4.31 Å². The zero-order valence-corrected chi connectivity index (χ0v) is 31.7. The third-order valence-electron chi connectivity index (χ3n) is 10.1. The fourth-order valence-corrected chi connectivity index (χ4v) is 8.76. The number of fused-ring (bicyclic) bond motifs is 1. The predicted molar refractivity (Wildman–Crippen MR) is 199 cm³/mol. The highest BCUT2D eigenvalue weighted by Crippen LogP contribution is 2.40. The van der Waals surface area contributed by atoms with Crippen molar-refractivity contribution in [3.8, 4) is 5.75 Å². The van der Waals surface area contributed by atoms with E-state index in [9.17, 15) is 18.3 Å². The van der Waals surface area contributed by atoms with Crippen LogP contribution in [0.3, 0.4) is 0 Å². The number of hydrogen-bond donors (Lipinski definition) is 1. The number of ether oxygens (including phenoxy) is 5. The zero-order chi connectivity index (χ0) is 37.1. The maximum absolute atomic E-state index is 14.4. The highest BCUT2D eigenvalue weighted by molar-refractivity contribution is 7.89. The van der Waals surface area contributed by atoms with Crippen LogP contribution >= 0.6 is 0 Å². The summed E-state index contributed by atoms with van der Waals surface area (Å²) in [5, 5.41) is 10.1. The first kappa shape index (κ1) is 39.7. The SMILES string of the molecule is CCC(CC1CC(c2ccc(COCCOC)cc2)[C@@H](OCc2ccc3c(c2)N(CCCOC)CCO3)CN1S(=O)(=O)c1ccc(C)cc1)C(=O)O. The maximum atomic E-state index is 14.4. The number of hydrogen-bond acceptors (Lipinski definition) is 9. The molecule has 1 saturated heterocycles. The lowest BCUT2D eigenvalue weighted by atomic mass is 9.81. The first-order valence-corrected chi connectivity index (χ1v) is 19.7. The summed E-state index contributed by atoms with van der Waals surface area (Å²) in [4.78, 5) is 14.8. The van der Waals surface area contributed by atoms with Crippen molar-refractivity contribution < 1.29 is 42.0 Å². The summed E-state index contributed by atoms with van der Waals surface area (Å²) in [6.45, 7) is 8.46. The topological polar surface area (TPSA) is 124 Å². The van der Waals surface area contributed by atoms with Crippen molar-refractivity contribution in [2.24, 2.45) is 5.92 Å². The van der Waals surface area contributed by atoms with Gasteiger partial charge in [0, 0.05) is 45.9 Å². The van der Waals surface area contributed by atoms with Gasteiger partial charge < -0.3 is 33.7 Å². The van der Waals surface area contributed by atoms with Gasteiger partial charge in [0.05, 0.1) is 55.6 Å². The molecule has 2 aliphatic rings. The quantitative estimate of drug-likeness (QED) is 0.146. The van der Waals surface area contributed by atoms with Crippen LogP contribution in [0.15, 0.2) is 71.6 Å². The minimum absolute atomic E-state index is 0.0840. The molecule has 0 bridgehead atoms. The van der Waals surface area contributed by atoms with Gasteiger partial charge in [-0.3, -0.25) is 4.79 Å². The van der Waals surface area contributed by atoms with Gasteiger partial charge >= 0.3 is 5.97 Å². The predicted octanol–water partition coefficient (Wildman–Crippen LogP) is 6.03. The molecule has 0 saturated carbocycles. The Morgan fingerprint density at radius 2 is 1.69 bits per heavy atom. The molecule has 3 aromatic rings. The molecular formula is C40H54N2O9S. The standard InChI is InChI=1S/C40H54N2O9S/c1-5-32(40(43)44)24-34-25-36(33-12-9-30(10-13-33)27-49-22-21-48-4)39(26-42(34)52(45,46)35-14-7-29(2)8-15-35)51-28-31-11-16-38-37(23-31)41(18-20-50-38)17-6-19-47-3/h7-16,23,32,34,36,39H,5-6,17-22,24-28H2,1-4H3,(H,43,44)/t32?,34?,36?,39-/m0/s1. The van der Waals surface area contributed by atoms with E-state index in [4.69, 9.17) is 23.7 Å². The Hall–Kier alpha value is -3.52. The van der Waals surface area contributed by atoms with E-state index in [1.54, 1.807) is 38.5 Å². The monoisotopic (exact) mass is 738 g/mol. The average Bonchev–Trinajstić information content (AvgIpc) is 3.15. The van der Waals surface area contributed by atoms with Crippen molar-refractivity contribution in [3.05, 3.63) is 89.0 Å². The van der Waals surface area contributed by atoms with Crippen LogP contribution in [0.2, 0.25) is 0 Å². The highest BCUT2D eigenvalue weighted by Gasteiger charge is 2.44. The number of nitrogens with zero attached hydrogens (tertiary/aromatic N) is 2. The Morgan fingerprint density at radius 3 is 2.38 bits per heavy atom. The van der Waals surface area contributed by atoms with E-state index >= 15 is 0 Å². The fourth-order valence-electron chi connectivity index (χ4n) is 7.10. The van der Waals surface area contributed by atoms with Gasteiger partial charge in [0.25, 0.3) is 0 Å². The number of benzene rings is 3. The van der Waals surface area contributed by atoms with Gasteiger partial charge in [0.1, 0.15) is 12.4 Å². The number of anilines is 1. The number of piperidine rings is 1. The van der Waals surface area contributed by atoms with Crippen LogP contribution < -0.4 is 9.64 Å². The van der Waals surface area contributed by atoms with Gasteiger partial charge in [0.15, 0.2) is 0 Å². The number of carboxylic acids is 1. The maximum Gasteiger partial charge on any atom is 0.306 e. The molecule has 3 aromatic carbocycles. The summed E-state index contributed by atoms with van der Waals surface area (Å²) in [6.07, 6.45) is 1.41. The Bertz CT molecular complexity index is 1680. The molecule has 2 heterocycles. The molecule has 2 aliphatic heterocycles. The molecule has 3 unspecified atom stereocenters. The van der Waals surface area contributed by atoms with E-state index in [0.29, 0.717) is 45.9 Å². The molecule has 284 valence electrons. The average molecular weight is 739 g/mol. The van der Waals surface area contributed by atoms with Gasteiger partial charge in [-0.1, -0.05) is 55.0 Å². The van der Waals surface area contributed by atoms with E-state index in [1.807, 2.05) is 38.1 Å². The number of aliphatic carboxylic acids is 1. The summed E-state index contributed by atoms with van der Waals surface area (Å²) in [5.74, 6) is -0.960. The van der Waals surface area contributed by atoms with Crippen LogP contribution in [-0.2, 0) is 47.0 Å². The Labute approximate surface area is 308 Å². The van der Waals surface area contributed by atoms with Gasteiger partial charge in [0.2, 0.25) is 10.0 Å². The van der Waals surface area contributed by atoms with Crippen LogP contribution in [0.1, 0.15) is 60.8 Å². The van der Waals surface area contributed by atoms with E-state index in [1.165, 1.54) is 4.31 Å². The number of carbonyl (C=O) groups is 1. The Balaban J connectivity index is 1.46. The fraction of sp³-hybridized carbons (Fsp3) is 0.525. The summed E-state index contributed by atoms with van der Waals surface area (Å²) in [5.41, 5.74) is 4.93. The molecule has 1 N–H and O–H groups in total. The van der Waals surface area contributed by atoms with Crippen LogP contribution in [0.25, 0.3) is 0 Å². The molecule has 0 spiro atoms. The van der Waals surface area contributed by atoms with Gasteiger partial charge in [-0.2, -0.15) is 4.31 Å². The van der Waals surface area contributed by atoms with Gasteiger partial charge in [-0.15, -0.1) is 0 Å². The lowest BCUT2D eigenvalue weighted by molar-refractivity contribution is -0.142. The minimum Gasteiger partial charge on any atom is -0.490 e. The normalized spacial score (nSPS) is 19.9. The van der Waals surface area contributed by atoms with Crippen molar-refractivity contribution >= 4 is 21.7 Å². The molecule has 0 radical (unpaired) electrons. The molecule has 11 nitrogen and oxygen atoms in total. The smallest absolute Gasteiger partial charge is 0.306 e. The zero-order valence-electron chi connectivity index (χ0n) is 30.9. The van der Waals surface area contributed by atoms with Crippen molar-refractivity contribution in [3.63, 3.8) is 0 Å². The second kappa shape index (κ2) is 19.0.